The lowest BCUT2D eigenvalue weighted by molar-refractivity contribution is 0.102. The molecule has 92 valence electrons. The summed E-state index contributed by atoms with van der Waals surface area (Å²) in [7, 11) is 0. The van der Waals surface area contributed by atoms with Gasteiger partial charge >= 0.3 is 0 Å². The van der Waals surface area contributed by atoms with Crippen molar-refractivity contribution in [3.8, 4) is 0 Å². The Morgan fingerprint density at radius 1 is 1.22 bits per heavy atom. The summed E-state index contributed by atoms with van der Waals surface area (Å²) in [5.74, 6) is 0.441. The second kappa shape index (κ2) is 5.31. The van der Waals surface area contributed by atoms with E-state index < -0.39 is 0 Å². The number of aromatic nitrogens is 1. The van der Waals surface area contributed by atoms with E-state index in [2.05, 4.69) is 26.2 Å². The maximum atomic E-state index is 12.0. The molecule has 0 fully saturated rings. The number of nitrogens with one attached hydrogen (secondary N) is 1. The van der Waals surface area contributed by atoms with Gasteiger partial charge in [0.25, 0.3) is 5.91 Å². The van der Waals surface area contributed by atoms with Gasteiger partial charge in [-0.25, -0.2) is 4.98 Å². The Labute approximate surface area is 114 Å². The Morgan fingerprint density at radius 3 is 2.50 bits per heavy atom. The molecule has 0 aliphatic carbocycles. The third-order valence-electron chi connectivity index (χ3n) is 2.59. The molecule has 0 spiro atoms. The van der Waals surface area contributed by atoms with Crippen LogP contribution in [-0.4, -0.2) is 10.9 Å². The van der Waals surface area contributed by atoms with Gasteiger partial charge in [-0.05, 0) is 53.5 Å². The third kappa shape index (κ3) is 2.96. The molecule has 2 aromatic rings. The maximum absolute atomic E-state index is 12.0. The number of pyridine rings is 1. The van der Waals surface area contributed by atoms with Gasteiger partial charge in [0.15, 0.2) is 0 Å². The minimum absolute atomic E-state index is 0.145. The van der Waals surface area contributed by atoms with E-state index in [0.29, 0.717) is 11.4 Å². The van der Waals surface area contributed by atoms with Gasteiger partial charge in [-0.2, -0.15) is 0 Å². The number of aryl methyl sites for hydroxylation is 2. The van der Waals surface area contributed by atoms with Crippen LogP contribution in [0.2, 0.25) is 0 Å². The average Bonchev–Trinajstić information content (AvgIpc) is 2.33. The van der Waals surface area contributed by atoms with E-state index in [9.17, 15) is 4.79 Å². The van der Waals surface area contributed by atoms with E-state index >= 15 is 0 Å². The first kappa shape index (κ1) is 12.8. The van der Waals surface area contributed by atoms with Gasteiger partial charge in [-0.15, -0.1) is 0 Å². The Bertz CT molecular complexity index is 579. The summed E-state index contributed by atoms with van der Waals surface area (Å²) in [6.45, 7) is 3.89. The highest BCUT2D eigenvalue weighted by Gasteiger charge is 2.08. The van der Waals surface area contributed by atoms with Crippen LogP contribution in [0.5, 0.6) is 0 Å². The van der Waals surface area contributed by atoms with Crippen LogP contribution in [0.1, 0.15) is 21.5 Å². The fourth-order valence-electron chi connectivity index (χ4n) is 1.56. The summed E-state index contributed by atoms with van der Waals surface area (Å²) in [5.41, 5.74) is 2.68. The molecule has 4 heteroatoms. The lowest BCUT2D eigenvalue weighted by Gasteiger charge is -2.07. The topological polar surface area (TPSA) is 42.0 Å². The summed E-state index contributed by atoms with van der Waals surface area (Å²) in [6, 6.07) is 9.35. The van der Waals surface area contributed by atoms with Crippen LogP contribution < -0.4 is 5.32 Å². The highest BCUT2D eigenvalue weighted by atomic mass is 79.9. The molecule has 0 aliphatic rings. The van der Waals surface area contributed by atoms with E-state index in [1.165, 1.54) is 0 Å². The number of benzene rings is 1. The molecule has 3 nitrogen and oxygen atoms in total. The highest BCUT2D eigenvalue weighted by molar-refractivity contribution is 9.10. The molecule has 1 amide bonds. The second-order valence-electron chi connectivity index (χ2n) is 4.14. The van der Waals surface area contributed by atoms with Gasteiger partial charge in [0, 0.05) is 16.2 Å². The number of halogens is 1. The first-order chi connectivity index (χ1) is 8.56. The molecular weight excluding hydrogens is 292 g/mol. The van der Waals surface area contributed by atoms with Crippen molar-refractivity contribution in [2.24, 2.45) is 0 Å². The number of hydrogen-bond donors (Lipinski definition) is 1. The van der Waals surface area contributed by atoms with Crippen molar-refractivity contribution in [2.75, 3.05) is 5.32 Å². The van der Waals surface area contributed by atoms with Crippen LogP contribution in [0.3, 0.4) is 0 Å². The first-order valence-corrected chi connectivity index (χ1v) is 6.36. The number of anilines is 1. The molecule has 18 heavy (non-hydrogen) atoms. The number of carbonyl (C=O) groups is 1. The van der Waals surface area contributed by atoms with Crippen molar-refractivity contribution < 1.29 is 4.79 Å². The molecule has 1 aromatic carbocycles. The van der Waals surface area contributed by atoms with Gasteiger partial charge in [0.05, 0.1) is 0 Å². The van der Waals surface area contributed by atoms with E-state index in [1.54, 1.807) is 18.3 Å². The van der Waals surface area contributed by atoms with Crippen LogP contribution >= 0.6 is 15.9 Å². The van der Waals surface area contributed by atoms with E-state index in [4.69, 9.17) is 0 Å². The standard InChI is InChI=1S/C14H13BrN2O/c1-9-3-5-11(6-4-9)14(18)17-13-10(2)7-12(15)8-16-13/h3-8H,1-2H3,(H,16,17,18). The van der Waals surface area contributed by atoms with Crippen LogP contribution in [0.25, 0.3) is 0 Å². The fraction of sp³-hybridized carbons (Fsp3) is 0.143. The molecule has 1 N–H and O–H groups in total. The van der Waals surface area contributed by atoms with Crippen molar-refractivity contribution in [1.82, 2.24) is 4.98 Å². The van der Waals surface area contributed by atoms with Crippen LogP contribution in [0.4, 0.5) is 5.82 Å². The third-order valence-corrected chi connectivity index (χ3v) is 3.02. The van der Waals surface area contributed by atoms with Crippen molar-refractivity contribution in [1.29, 1.82) is 0 Å². The van der Waals surface area contributed by atoms with Crippen molar-refractivity contribution in [3.05, 3.63) is 57.7 Å². The lowest BCUT2D eigenvalue weighted by Crippen LogP contribution is -2.13. The molecule has 0 unspecified atom stereocenters. The largest absolute Gasteiger partial charge is 0.306 e. The molecule has 1 aromatic heterocycles. The van der Waals surface area contributed by atoms with Crippen LogP contribution in [0.15, 0.2) is 41.0 Å². The van der Waals surface area contributed by atoms with Crippen molar-refractivity contribution in [3.63, 3.8) is 0 Å². The number of hydrogen-bond acceptors (Lipinski definition) is 2. The zero-order chi connectivity index (χ0) is 13.1. The summed E-state index contributed by atoms with van der Waals surface area (Å²) < 4.78 is 0.897. The number of amides is 1. The smallest absolute Gasteiger partial charge is 0.256 e. The molecule has 0 atom stereocenters. The summed E-state index contributed by atoms with van der Waals surface area (Å²) in [5, 5.41) is 2.80. The Morgan fingerprint density at radius 2 is 1.89 bits per heavy atom. The van der Waals surface area contributed by atoms with E-state index in [0.717, 1.165) is 15.6 Å². The summed E-state index contributed by atoms with van der Waals surface area (Å²) in [4.78, 5) is 16.2. The monoisotopic (exact) mass is 304 g/mol. The van der Waals surface area contributed by atoms with Crippen molar-refractivity contribution in [2.45, 2.75) is 13.8 Å². The Balaban J connectivity index is 2.18. The van der Waals surface area contributed by atoms with Crippen LogP contribution in [-0.2, 0) is 0 Å². The molecule has 0 saturated carbocycles. The molecular formula is C14H13BrN2O. The minimum Gasteiger partial charge on any atom is -0.306 e. The first-order valence-electron chi connectivity index (χ1n) is 5.56. The fourth-order valence-corrected chi connectivity index (χ4v) is 2.00. The maximum Gasteiger partial charge on any atom is 0.256 e. The summed E-state index contributed by atoms with van der Waals surface area (Å²) >= 11 is 3.34. The molecule has 1 heterocycles. The number of carbonyl (C=O) groups excluding carboxylic acids is 1. The zero-order valence-electron chi connectivity index (χ0n) is 10.2. The molecule has 0 radical (unpaired) electrons. The Hall–Kier alpha value is -1.68. The normalized spacial score (nSPS) is 10.2. The van der Waals surface area contributed by atoms with Gasteiger partial charge in [0.1, 0.15) is 5.82 Å². The number of rotatable bonds is 2. The quantitative estimate of drug-likeness (QED) is 0.919. The predicted molar refractivity (Wildman–Crippen MR) is 75.8 cm³/mol. The average molecular weight is 305 g/mol. The minimum atomic E-state index is -0.145. The zero-order valence-corrected chi connectivity index (χ0v) is 11.8. The SMILES string of the molecule is Cc1ccc(C(=O)Nc2ncc(Br)cc2C)cc1. The molecule has 0 aliphatic heterocycles. The highest BCUT2D eigenvalue weighted by Crippen LogP contribution is 2.17. The predicted octanol–water partition coefficient (Wildman–Crippen LogP) is 3.71. The van der Waals surface area contributed by atoms with Gasteiger partial charge in [-0.3, -0.25) is 4.79 Å². The molecule has 2 rings (SSSR count). The van der Waals surface area contributed by atoms with E-state index in [-0.39, 0.29) is 5.91 Å². The number of nitrogens with zero attached hydrogens (tertiary/aromatic N) is 1. The summed E-state index contributed by atoms with van der Waals surface area (Å²) in [6.07, 6.45) is 1.66. The van der Waals surface area contributed by atoms with Gasteiger partial charge in [-0.1, -0.05) is 17.7 Å². The van der Waals surface area contributed by atoms with E-state index in [1.807, 2.05) is 32.0 Å². The second-order valence-corrected chi connectivity index (χ2v) is 5.05. The Kier molecular flexibility index (Phi) is 3.77. The van der Waals surface area contributed by atoms with Gasteiger partial charge < -0.3 is 5.32 Å². The van der Waals surface area contributed by atoms with Crippen LogP contribution in [0, 0.1) is 13.8 Å². The molecule has 0 bridgehead atoms. The lowest BCUT2D eigenvalue weighted by atomic mass is 10.1. The molecule has 0 saturated heterocycles. The van der Waals surface area contributed by atoms with Crippen molar-refractivity contribution >= 4 is 27.7 Å². The van der Waals surface area contributed by atoms with Gasteiger partial charge in [0.2, 0.25) is 0 Å².